The van der Waals surface area contributed by atoms with Crippen molar-refractivity contribution in [3.05, 3.63) is 88.4 Å². The van der Waals surface area contributed by atoms with E-state index in [4.69, 9.17) is 21.1 Å². The van der Waals surface area contributed by atoms with Crippen molar-refractivity contribution in [2.75, 3.05) is 11.9 Å². The van der Waals surface area contributed by atoms with E-state index in [1.165, 1.54) is 5.56 Å². The minimum atomic E-state index is 0.446. The van der Waals surface area contributed by atoms with Gasteiger partial charge in [0.25, 0.3) is 0 Å². The molecular weight excluding hydrogens is 370 g/mol. The molecule has 0 aliphatic rings. The van der Waals surface area contributed by atoms with E-state index >= 15 is 0 Å². The van der Waals surface area contributed by atoms with Gasteiger partial charge in [-0.3, -0.25) is 0 Å². The molecule has 3 rings (SSSR count). The lowest BCUT2D eigenvalue weighted by Gasteiger charge is -2.14. The van der Waals surface area contributed by atoms with Crippen molar-refractivity contribution in [1.82, 2.24) is 0 Å². The SMILES string of the molecule is CCOc1cc(CNc2ccc(CC)cc2)ccc1OCc1cccc(Cl)c1. The minimum absolute atomic E-state index is 0.446. The summed E-state index contributed by atoms with van der Waals surface area (Å²) in [6.07, 6.45) is 1.05. The van der Waals surface area contributed by atoms with Crippen molar-refractivity contribution in [1.29, 1.82) is 0 Å². The predicted molar refractivity (Wildman–Crippen MR) is 117 cm³/mol. The van der Waals surface area contributed by atoms with Crippen LogP contribution in [0.25, 0.3) is 0 Å². The first kappa shape index (κ1) is 20.1. The molecule has 1 N–H and O–H groups in total. The number of anilines is 1. The Balaban J connectivity index is 1.65. The van der Waals surface area contributed by atoms with Gasteiger partial charge in [-0.25, -0.2) is 0 Å². The third kappa shape index (κ3) is 5.67. The normalized spacial score (nSPS) is 10.5. The van der Waals surface area contributed by atoms with Crippen LogP contribution in [0.15, 0.2) is 66.7 Å². The Bertz CT molecular complexity index is 893. The minimum Gasteiger partial charge on any atom is -0.490 e. The fraction of sp³-hybridized carbons (Fsp3) is 0.250. The number of rotatable bonds is 9. The Labute approximate surface area is 172 Å². The number of hydrogen-bond acceptors (Lipinski definition) is 3. The maximum absolute atomic E-state index is 6.04. The summed E-state index contributed by atoms with van der Waals surface area (Å²) in [5.41, 5.74) is 4.61. The first-order valence-electron chi connectivity index (χ1n) is 9.63. The van der Waals surface area contributed by atoms with E-state index in [1.807, 2.05) is 43.3 Å². The molecule has 0 aromatic heterocycles. The van der Waals surface area contributed by atoms with Crippen LogP contribution in [-0.2, 0) is 19.6 Å². The maximum atomic E-state index is 6.04. The Hall–Kier alpha value is -2.65. The molecule has 28 heavy (non-hydrogen) atoms. The van der Waals surface area contributed by atoms with Crippen molar-refractivity contribution in [2.45, 2.75) is 33.4 Å². The van der Waals surface area contributed by atoms with E-state index in [0.717, 1.165) is 41.3 Å². The molecule has 0 spiro atoms. The second-order valence-electron chi connectivity index (χ2n) is 6.54. The molecule has 3 nitrogen and oxygen atoms in total. The summed E-state index contributed by atoms with van der Waals surface area (Å²) >= 11 is 6.04. The second-order valence-corrected chi connectivity index (χ2v) is 6.97. The van der Waals surface area contributed by atoms with Crippen molar-refractivity contribution in [3.8, 4) is 11.5 Å². The van der Waals surface area contributed by atoms with E-state index in [1.54, 1.807) is 0 Å². The van der Waals surface area contributed by atoms with Crippen molar-refractivity contribution in [2.24, 2.45) is 0 Å². The Morgan fingerprint density at radius 1 is 0.786 bits per heavy atom. The van der Waals surface area contributed by atoms with Gasteiger partial charge in [-0.05, 0) is 66.4 Å². The van der Waals surface area contributed by atoms with Crippen LogP contribution in [0.5, 0.6) is 11.5 Å². The number of halogens is 1. The second kappa shape index (κ2) is 10.0. The summed E-state index contributed by atoms with van der Waals surface area (Å²) in [6.45, 7) is 5.89. The summed E-state index contributed by atoms with van der Waals surface area (Å²) in [5, 5.41) is 4.16. The van der Waals surface area contributed by atoms with Crippen LogP contribution < -0.4 is 14.8 Å². The zero-order chi connectivity index (χ0) is 19.8. The number of hydrogen-bond donors (Lipinski definition) is 1. The van der Waals surface area contributed by atoms with E-state index in [-0.39, 0.29) is 0 Å². The molecule has 0 bridgehead atoms. The molecule has 4 heteroatoms. The molecule has 0 unspecified atom stereocenters. The molecule has 0 heterocycles. The number of ether oxygens (including phenoxy) is 2. The third-order valence-electron chi connectivity index (χ3n) is 4.45. The molecule has 0 aliphatic heterocycles. The number of nitrogens with one attached hydrogen (secondary N) is 1. The van der Waals surface area contributed by atoms with Gasteiger partial charge in [0.1, 0.15) is 6.61 Å². The Kier molecular flexibility index (Phi) is 7.21. The van der Waals surface area contributed by atoms with E-state index < -0.39 is 0 Å². The highest BCUT2D eigenvalue weighted by atomic mass is 35.5. The average Bonchev–Trinajstić information content (AvgIpc) is 2.72. The molecule has 0 fully saturated rings. The first-order valence-corrected chi connectivity index (χ1v) is 10.0. The largest absolute Gasteiger partial charge is 0.490 e. The predicted octanol–water partition coefficient (Wildman–Crippen LogP) is 6.49. The molecule has 0 radical (unpaired) electrons. The molecule has 0 atom stereocenters. The van der Waals surface area contributed by atoms with Gasteiger partial charge < -0.3 is 14.8 Å². The molecule has 0 saturated carbocycles. The van der Waals surface area contributed by atoms with Crippen LogP contribution in [0.3, 0.4) is 0 Å². The molecule has 146 valence electrons. The summed E-state index contributed by atoms with van der Waals surface area (Å²) in [6, 6.07) is 22.3. The van der Waals surface area contributed by atoms with Gasteiger partial charge >= 0.3 is 0 Å². The van der Waals surface area contributed by atoms with Gasteiger partial charge in [0.15, 0.2) is 11.5 Å². The highest BCUT2D eigenvalue weighted by Crippen LogP contribution is 2.30. The van der Waals surface area contributed by atoms with Crippen LogP contribution in [0.2, 0.25) is 5.02 Å². The van der Waals surface area contributed by atoms with Gasteiger partial charge in [-0.15, -0.1) is 0 Å². The zero-order valence-electron chi connectivity index (χ0n) is 16.4. The highest BCUT2D eigenvalue weighted by molar-refractivity contribution is 6.30. The third-order valence-corrected chi connectivity index (χ3v) is 4.69. The van der Waals surface area contributed by atoms with Crippen LogP contribution in [0.4, 0.5) is 5.69 Å². The van der Waals surface area contributed by atoms with Gasteiger partial charge in [-0.1, -0.05) is 48.9 Å². The molecule has 0 aliphatic carbocycles. The number of benzene rings is 3. The van der Waals surface area contributed by atoms with Crippen molar-refractivity contribution in [3.63, 3.8) is 0 Å². The Morgan fingerprint density at radius 3 is 2.29 bits per heavy atom. The smallest absolute Gasteiger partial charge is 0.161 e. The Morgan fingerprint density at radius 2 is 1.57 bits per heavy atom. The molecule has 0 amide bonds. The summed E-state index contributed by atoms with van der Waals surface area (Å²) < 4.78 is 11.8. The van der Waals surface area contributed by atoms with Gasteiger partial charge in [0, 0.05) is 17.3 Å². The van der Waals surface area contributed by atoms with E-state index in [2.05, 4.69) is 42.6 Å². The van der Waals surface area contributed by atoms with E-state index in [0.29, 0.717) is 18.2 Å². The molecule has 3 aromatic carbocycles. The van der Waals surface area contributed by atoms with E-state index in [9.17, 15) is 0 Å². The lowest BCUT2D eigenvalue weighted by molar-refractivity contribution is 0.269. The maximum Gasteiger partial charge on any atom is 0.161 e. The quantitative estimate of drug-likeness (QED) is 0.449. The molecular formula is C24H26ClNO2. The van der Waals surface area contributed by atoms with Crippen LogP contribution in [0, 0.1) is 0 Å². The summed E-state index contributed by atoms with van der Waals surface area (Å²) in [7, 11) is 0. The molecule has 0 saturated heterocycles. The topological polar surface area (TPSA) is 30.5 Å². The lowest BCUT2D eigenvalue weighted by atomic mass is 10.1. The first-order chi connectivity index (χ1) is 13.7. The summed E-state index contributed by atoms with van der Waals surface area (Å²) in [5.74, 6) is 1.49. The fourth-order valence-corrected chi connectivity index (χ4v) is 3.11. The molecule has 3 aromatic rings. The lowest BCUT2D eigenvalue weighted by Crippen LogP contribution is -2.03. The zero-order valence-corrected chi connectivity index (χ0v) is 17.1. The fourth-order valence-electron chi connectivity index (χ4n) is 2.90. The standard InChI is InChI=1S/C24H26ClNO2/c1-3-18-8-11-22(12-9-18)26-16-19-10-13-23(24(15-19)27-4-2)28-17-20-6-5-7-21(25)14-20/h5-15,26H,3-4,16-17H2,1-2H3. The summed E-state index contributed by atoms with van der Waals surface area (Å²) in [4.78, 5) is 0. The van der Waals surface area contributed by atoms with Crippen molar-refractivity contribution < 1.29 is 9.47 Å². The highest BCUT2D eigenvalue weighted by Gasteiger charge is 2.08. The van der Waals surface area contributed by atoms with Gasteiger partial charge in [0.05, 0.1) is 6.61 Å². The average molecular weight is 396 g/mol. The van der Waals surface area contributed by atoms with Crippen LogP contribution >= 0.6 is 11.6 Å². The van der Waals surface area contributed by atoms with Crippen LogP contribution in [-0.4, -0.2) is 6.61 Å². The van der Waals surface area contributed by atoms with Gasteiger partial charge in [0.2, 0.25) is 0 Å². The van der Waals surface area contributed by atoms with Crippen LogP contribution in [0.1, 0.15) is 30.5 Å². The number of aryl methyl sites for hydroxylation is 1. The monoisotopic (exact) mass is 395 g/mol. The van der Waals surface area contributed by atoms with Crippen molar-refractivity contribution >= 4 is 17.3 Å². The van der Waals surface area contributed by atoms with Gasteiger partial charge in [-0.2, -0.15) is 0 Å².